The molecule has 8 heteroatoms. The lowest BCUT2D eigenvalue weighted by atomic mass is 10.2. The number of nitrogen functional groups attached to an aromatic ring is 1. The molecule has 2 rings (SSSR count). The molecule has 0 bridgehead atoms. The molecule has 1 aromatic carbocycles. The lowest BCUT2D eigenvalue weighted by molar-refractivity contribution is -0.388. The zero-order valence-electron chi connectivity index (χ0n) is 10.2. The van der Waals surface area contributed by atoms with Crippen molar-refractivity contribution >= 4 is 34.9 Å². The van der Waals surface area contributed by atoms with E-state index in [1.54, 1.807) is 6.07 Å². The van der Waals surface area contributed by atoms with Crippen LogP contribution in [0.5, 0.6) is 0 Å². The number of nitrogens with two attached hydrogens (primary N) is 1. The van der Waals surface area contributed by atoms with Gasteiger partial charge in [-0.15, -0.1) is 0 Å². The smallest absolute Gasteiger partial charge is 0.301 e. The van der Waals surface area contributed by atoms with Crippen molar-refractivity contribution < 1.29 is 4.92 Å². The van der Waals surface area contributed by atoms with Crippen LogP contribution in [-0.2, 0) is 5.75 Å². The number of rotatable bonds is 5. The maximum absolute atomic E-state index is 11.0. The van der Waals surface area contributed by atoms with Crippen molar-refractivity contribution in [2.75, 3.05) is 5.43 Å². The van der Waals surface area contributed by atoms with E-state index >= 15 is 0 Å². The highest BCUT2D eigenvalue weighted by atomic mass is 35.5. The first-order valence-electron chi connectivity index (χ1n) is 5.60. The van der Waals surface area contributed by atoms with Crippen LogP contribution in [0.1, 0.15) is 5.56 Å². The SMILES string of the molecule is NNc1ccc([N+](=O)[O-])c(SCc2ccccc2Cl)n1. The Bertz CT molecular complexity index is 639. The molecule has 0 aliphatic carbocycles. The van der Waals surface area contributed by atoms with Crippen LogP contribution in [0, 0.1) is 10.1 Å². The molecule has 3 N–H and O–H groups in total. The van der Waals surface area contributed by atoms with Crippen molar-refractivity contribution in [1.82, 2.24) is 4.98 Å². The number of pyridine rings is 1. The maximum Gasteiger partial charge on any atom is 0.301 e. The van der Waals surface area contributed by atoms with Crippen LogP contribution < -0.4 is 11.3 Å². The first-order valence-corrected chi connectivity index (χ1v) is 6.96. The van der Waals surface area contributed by atoms with Gasteiger partial charge < -0.3 is 5.43 Å². The Labute approximate surface area is 124 Å². The molecule has 0 spiro atoms. The average Bonchev–Trinajstić information content (AvgIpc) is 2.46. The summed E-state index contributed by atoms with van der Waals surface area (Å²) in [5, 5.41) is 11.9. The van der Waals surface area contributed by atoms with Gasteiger partial charge in [-0.1, -0.05) is 41.6 Å². The van der Waals surface area contributed by atoms with Crippen molar-refractivity contribution in [3.8, 4) is 0 Å². The molecule has 0 saturated carbocycles. The number of thioether (sulfide) groups is 1. The molecule has 20 heavy (non-hydrogen) atoms. The van der Waals surface area contributed by atoms with Gasteiger partial charge >= 0.3 is 5.69 Å². The van der Waals surface area contributed by atoms with Crippen molar-refractivity contribution in [1.29, 1.82) is 0 Å². The molecule has 1 heterocycles. The van der Waals surface area contributed by atoms with Gasteiger partial charge in [0.1, 0.15) is 5.82 Å². The van der Waals surface area contributed by atoms with Gasteiger partial charge in [0.25, 0.3) is 0 Å². The Kier molecular flexibility index (Phi) is 4.78. The van der Waals surface area contributed by atoms with E-state index in [1.807, 2.05) is 18.2 Å². The number of hydrazine groups is 1. The fourth-order valence-corrected chi connectivity index (χ4v) is 2.80. The van der Waals surface area contributed by atoms with Gasteiger partial charge in [0.05, 0.1) is 4.92 Å². The second-order valence-corrected chi connectivity index (χ2v) is 5.17. The molecule has 0 aliphatic rings. The summed E-state index contributed by atoms with van der Waals surface area (Å²) in [5.74, 6) is 6.12. The Morgan fingerprint density at radius 2 is 2.10 bits per heavy atom. The van der Waals surface area contributed by atoms with Gasteiger partial charge in [-0.3, -0.25) is 10.1 Å². The Morgan fingerprint density at radius 3 is 2.75 bits per heavy atom. The molecular formula is C12H11ClN4O2S. The van der Waals surface area contributed by atoms with Crippen molar-refractivity contribution in [2.45, 2.75) is 10.8 Å². The van der Waals surface area contributed by atoms with Gasteiger partial charge in [0, 0.05) is 16.8 Å². The second kappa shape index (κ2) is 6.56. The van der Waals surface area contributed by atoms with E-state index in [2.05, 4.69) is 10.4 Å². The van der Waals surface area contributed by atoms with Crippen molar-refractivity contribution in [3.63, 3.8) is 0 Å². The number of anilines is 1. The topological polar surface area (TPSA) is 94.1 Å². The van der Waals surface area contributed by atoms with E-state index in [9.17, 15) is 10.1 Å². The van der Waals surface area contributed by atoms with Crippen LogP contribution in [0.2, 0.25) is 5.02 Å². The third-order valence-corrected chi connectivity index (χ3v) is 3.90. The minimum Gasteiger partial charge on any atom is -0.308 e. The second-order valence-electron chi connectivity index (χ2n) is 3.80. The van der Waals surface area contributed by atoms with Gasteiger partial charge in [-0.2, -0.15) is 0 Å². The Hall–Kier alpha value is -1.83. The number of nitrogens with zero attached hydrogens (tertiary/aromatic N) is 2. The van der Waals surface area contributed by atoms with Crippen LogP contribution in [-0.4, -0.2) is 9.91 Å². The zero-order valence-corrected chi connectivity index (χ0v) is 11.8. The van der Waals surface area contributed by atoms with E-state index in [4.69, 9.17) is 17.4 Å². The maximum atomic E-state index is 11.0. The molecule has 0 amide bonds. The predicted octanol–water partition coefficient (Wildman–Crippen LogP) is 3.22. The molecule has 0 unspecified atom stereocenters. The predicted molar refractivity (Wildman–Crippen MR) is 79.7 cm³/mol. The molecule has 0 fully saturated rings. The zero-order chi connectivity index (χ0) is 14.5. The minimum absolute atomic E-state index is 0.0546. The Morgan fingerprint density at radius 1 is 1.35 bits per heavy atom. The minimum atomic E-state index is -0.470. The highest BCUT2D eigenvalue weighted by Gasteiger charge is 2.16. The largest absolute Gasteiger partial charge is 0.308 e. The normalized spacial score (nSPS) is 10.3. The van der Waals surface area contributed by atoms with Crippen LogP contribution in [0.4, 0.5) is 11.5 Å². The van der Waals surface area contributed by atoms with E-state index in [1.165, 1.54) is 23.9 Å². The molecule has 0 radical (unpaired) electrons. The first-order chi connectivity index (χ1) is 9.61. The molecule has 0 saturated heterocycles. The van der Waals surface area contributed by atoms with Gasteiger partial charge in [0.2, 0.25) is 0 Å². The van der Waals surface area contributed by atoms with Gasteiger partial charge in [-0.05, 0) is 17.7 Å². The van der Waals surface area contributed by atoms with Crippen LogP contribution >= 0.6 is 23.4 Å². The Balaban J connectivity index is 2.24. The van der Waals surface area contributed by atoms with Gasteiger partial charge in [-0.25, -0.2) is 10.8 Å². The number of benzene rings is 1. The van der Waals surface area contributed by atoms with E-state index in [0.717, 1.165) is 5.56 Å². The molecule has 0 atom stereocenters. The summed E-state index contributed by atoms with van der Waals surface area (Å²) in [5.41, 5.74) is 3.21. The molecule has 1 aromatic heterocycles. The molecular weight excluding hydrogens is 300 g/mol. The fraction of sp³-hybridized carbons (Fsp3) is 0.0833. The average molecular weight is 311 g/mol. The number of nitro groups is 1. The standard InChI is InChI=1S/C12H11ClN4O2S/c13-9-4-2-1-3-8(9)7-20-12-10(17(18)19)5-6-11(15-12)16-14/h1-6H,7,14H2,(H,15,16). The summed E-state index contributed by atoms with van der Waals surface area (Å²) in [6.45, 7) is 0. The third-order valence-electron chi connectivity index (χ3n) is 2.51. The summed E-state index contributed by atoms with van der Waals surface area (Å²) in [6, 6.07) is 10.2. The fourth-order valence-electron chi connectivity index (χ4n) is 1.52. The van der Waals surface area contributed by atoms with E-state index in [-0.39, 0.29) is 5.69 Å². The van der Waals surface area contributed by atoms with E-state index < -0.39 is 4.92 Å². The van der Waals surface area contributed by atoms with Crippen LogP contribution in [0.3, 0.4) is 0 Å². The van der Waals surface area contributed by atoms with Crippen molar-refractivity contribution in [2.24, 2.45) is 5.84 Å². The lowest BCUT2D eigenvalue weighted by Gasteiger charge is -2.06. The highest BCUT2D eigenvalue weighted by Crippen LogP contribution is 2.32. The summed E-state index contributed by atoms with van der Waals surface area (Å²) in [4.78, 5) is 14.6. The quantitative estimate of drug-likeness (QED) is 0.381. The molecule has 104 valence electrons. The highest BCUT2D eigenvalue weighted by molar-refractivity contribution is 7.98. The molecule has 2 aromatic rings. The number of hydrogen-bond donors (Lipinski definition) is 2. The summed E-state index contributed by atoms with van der Waals surface area (Å²) in [7, 11) is 0. The summed E-state index contributed by atoms with van der Waals surface area (Å²) >= 11 is 7.29. The summed E-state index contributed by atoms with van der Waals surface area (Å²) in [6.07, 6.45) is 0. The summed E-state index contributed by atoms with van der Waals surface area (Å²) < 4.78 is 0. The third kappa shape index (κ3) is 3.38. The molecule has 6 nitrogen and oxygen atoms in total. The molecule has 0 aliphatic heterocycles. The number of hydrogen-bond acceptors (Lipinski definition) is 6. The lowest BCUT2D eigenvalue weighted by Crippen LogP contribution is -2.09. The van der Waals surface area contributed by atoms with Crippen LogP contribution in [0.25, 0.3) is 0 Å². The van der Waals surface area contributed by atoms with Crippen molar-refractivity contribution in [3.05, 3.63) is 57.1 Å². The number of aromatic nitrogens is 1. The number of nitrogens with one attached hydrogen (secondary N) is 1. The first kappa shape index (κ1) is 14.6. The monoisotopic (exact) mass is 310 g/mol. The number of halogens is 1. The van der Waals surface area contributed by atoms with E-state index in [0.29, 0.717) is 21.6 Å². The van der Waals surface area contributed by atoms with Gasteiger partial charge in [0.15, 0.2) is 5.03 Å². The van der Waals surface area contributed by atoms with Crippen LogP contribution in [0.15, 0.2) is 41.4 Å².